The molecule has 0 aromatic heterocycles. The minimum atomic E-state index is -3.47. The molecule has 2 aromatic rings. The van der Waals surface area contributed by atoms with Gasteiger partial charge >= 0.3 is 0 Å². The van der Waals surface area contributed by atoms with Gasteiger partial charge in [0.05, 0.1) is 10.5 Å². The van der Waals surface area contributed by atoms with Gasteiger partial charge in [0.1, 0.15) is 24.0 Å². The summed E-state index contributed by atoms with van der Waals surface area (Å²) in [6, 6.07) is 9.21. The zero-order valence-corrected chi connectivity index (χ0v) is 18.4. The van der Waals surface area contributed by atoms with E-state index in [-0.39, 0.29) is 22.2 Å². The van der Waals surface area contributed by atoms with Crippen molar-refractivity contribution in [1.29, 1.82) is 0 Å². The summed E-state index contributed by atoms with van der Waals surface area (Å²) in [7, 11) is -0.517. The minimum absolute atomic E-state index is 0.179. The first kappa shape index (κ1) is 23.3. The number of likely N-dealkylation sites (tertiary alicyclic amines) is 1. The van der Waals surface area contributed by atoms with Crippen LogP contribution in [0.3, 0.4) is 0 Å². The van der Waals surface area contributed by atoms with Crippen molar-refractivity contribution in [3.05, 3.63) is 59.7 Å². The first-order valence-corrected chi connectivity index (χ1v) is 11.5. The van der Waals surface area contributed by atoms with Crippen molar-refractivity contribution in [2.75, 3.05) is 40.3 Å². The van der Waals surface area contributed by atoms with Crippen LogP contribution in [-0.4, -0.2) is 63.7 Å². The molecule has 1 aliphatic rings. The van der Waals surface area contributed by atoms with Crippen molar-refractivity contribution in [1.82, 2.24) is 9.21 Å². The number of Topliss-reactive ketones (excluding diaryl/α,β-unsaturated/α-hetero) is 1. The Morgan fingerprint density at radius 3 is 2.35 bits per heavy atom. The number of hydrogen-bond donors (Lipinski definition) is 0. The molecule has 1 heterocycles. The summed E-state index contributed by atoms with van der Waals surface area (Å²) in [5.74, 6) is -1.40. The second-order valence-corrected chi connectivity index (χ2v) is 9.86. The quantitative estimate of drug-likeness (QED) is 0.576. The van der Waals surface area contributed by atoms with Crippen molar-refractivity contribution in [3.8, 4) is 5.75 Å². The predicted molar refractivity (Wildman–Crippen MR) is 113 cm³/mol. The van der Waals surface area contributed by atoms with Gasteiger partial charge in [0.15, 0.2) is 5.78 Å². The molecule has 3 rings (SSSR count). The summed E-state index contributed by atoms with van der Waals surface area (Å²) in [5.41, 5.74) is -0.179. The molecular formula is C22H26F2N2O4S. The van der Waals surface area contributed by atoms with Crippen LogP contribution in [0.4, 0.5) is 8.78 Å². The zero-order chi connectivity index (χ0) is 22.6. The first-order chi connectivity index (χ1) is 14.7. The van der Waals surface area contributed by atoms with E-state index >= 15 is 0 Å². The normalized spacial score (nSPS) is 15.9. The standard InChI is InChI=1S/C22H26F2N2O4S/c1-25(2)31(28,29)19-6-4-18(5-7-19)30-14-13-26-11-9-16(10-12-26)22(27)20-15-17(23)3-8-21(20)24/h3-8,15-16H,9-14H2,1-2H3. The van der Waals surface area contributed by atoms with Crippen LogP contribution in [0.5, 0.6) is 5.75 Å². The Morgan fingerprint density at radius 1 is 1.10 bits per heavy atom. The van der Waals surface area contributed by atoms with Gasteiger partial charge in [-0.05, 0) is 68.4 Å². The summed E-state index contributed by atoms with van der Waals surface area (Å²) >= 11 is 0. The molecule has 9 heteroatoms. The second-order valence-electron chi connectivity index (χ2n) is 7.71. The molecule has 1 saturated heterocycles. The highest BCUT2D eigenvalue weighted by Gasteiger charge is 2.27. The zero-order valence-electron chi connectivity index (χ0n) is 17.6. The van der Waals surface area contributed by atoms with E-state index in [4.69, 9.17) is 4.74 Å². The number of ketones is 1. The number of carbonyl (C=O) groups excluding carboxylic acids is 1. The van der Waals surface area contributed by atoms with Crippen LogP contribution in [-0.2, 0) is 10.0 Å². The Labute approximate surface area is 181 Å². The highest BCUT2D eigenvalue weighted by atomic mass is 32.2. The molecule has 31 heavy (non-hydrogen) atoms. The van der Waals surface area contributed by atoms with E-state index < -0.39 is 21.7 Å². The van der Waals surface area contributed by atoms with E-state index in [1.165, 1.54) is 26.2 Å². The molecule has 168 valence electrons. The third kappa shape index (κ3) is 5.66. The van der Waals surface area contributed by atoms with Gasteiger partial charge in [0.25, 0.3) is 0 Å². The second kappa shape index (κ2) is 9.84. The third-order valence-corrected chi connectivity index (χ3v) is 7.26. The molecule has 0 N–H and O–H groups in total. The van der Waals surface area contributed by atoms with E-state index in [2.05, 4.69) is 4.90 Å². The van der Waals surface area contributed by atoms with Gasteiger partial charge in [0, 0.05) is 26.6 Å². The summed E-state index contributed by atoms with van der Waals surface area (Å²) in [6.07, 6.45) is 1.15. The average molecular weight is 453 g/mol. The molecule has 0 unspecified atom stereocenters. The van der Waals surface area contributed by atoms with Gasteiger partial charge in [-0.3, -0.25) is 9.69 Å². The third-order valence-electron chi connectivity index (χ3n) is 5.43. The highest BCUT2D eigenvalue weighted by Crippen LogP contribution is 2.24. The van der Waals surface area contributed by atoms with Crippen LogP contribution in [0.1, 0.15) is 23.2 Å². The molecular weight excluding hydrogens is 426 g/mol. The largest absolute Gasteiger partial charge is 0.492 e. The maximum atomic E-state index is 13.9. The number of hydrogen-bond acceptors (Lipinski definition) is 5. The molecule has 0 radical (unpaired) electrons. The molecule has 1 fully saturated rings. The number of sulfonamides is 1. The lowest BCUT2D eigenvalue weighted by Crippen LogP contribution is -2.38. The maximum absolute atomic E-state index is 13.9. The predicted octanol–water partition coefficient (Wildman–Crippen LogP) is 3.19. The Balaban J connectivity index is 1.45. The van der Waals surface area contributed by atoms with Crippen molar-refractivity contribution >= 4 is 15.8 Å². The van der Waals surface area contributed by atoms with Gasteiger partial charge in [0.2, 0.25) is 10.0 Å². The molecule has 0 aliphatic carbocycles. The van der Waals surface area contributed by atoms with Crippen molar-refractivity contribution < 1.29 is 26.7 Å². The maximum Gasteiger partial charge on any atom is 0.242 e. The van der Waals surface area contributed by atoms with Crippen molar-refractivity contribution in [2.45, 2.75) is 17.7 Å². The molecule has 2 aromatic carbocycles. The summed E-state index contributed by atoms with van der Waals surface area (Å²) in [4.78, 5) is 14.9. The molecule has 0 spiro atoms. The molecule has 0 atom stereocenters. The van der Waals surface area contributed by atoms with E-state index in [0.29, 0.717) is 44.8 Å². The van der Waals surface area contributed by atoms with Crippen LogP contribution in [0, 0.1) is 17.6 Å². The van der Waals surface area contributed by atoms with Crippen LogP contribution >= 0.6 is 0 Å². The van der Waals surface area contributed by atoms with Crippen LogP contribution in [0.15, 0.2) is 47.4 Å². The van der Waals surface area contributed by atoms with E-state index in [0.717, 1.165) is 22.5 Å². The van der Waals surface area contributed by atoms with Crippen LogP contribution < -0.4 is 4.74 Å². The van der Waals surface area contributed by atoms with Crippen molar-refractivity contribution in [3.63, 3.8) is 0 Å². The Hall–Kier alpha value is -2.36. The summed E-state index contributed by atoms with van der Waals surface area (Å²) < 4.78 is 58.2. The molecule has 0 bridgehead atoms. The van der Waals surface area contributed by atoms with Gasteiger partial charge in [-0.1, -0.05) is 0 Å². The minimum Gasteiger partial charge on any atom is -0.492 e. The number of ether oxygens (including phenoxy) is 1. The lowest BCUT2D eigenvalue weighted by atomic mass is 9.88. The molecule has 1 aliphatic heterocycles. The van der Waals surface area contributed by atoms with Gasteiger partial charge in [-0.25, -0.2) is 21.5 Å². The van der Waals surface area contributed by atoms with E-state index in [1.54, 1.807) is 12.1 Å². The molecule has 0 amide bonds. The number of piperidine rings is 1. The fraction of sp³-hybridized carbons (Fsp3) is 0.409. The first-order valence-electron chi connectivity index (χ1n) is 10.1. The molecule has 6 nitrogen and oxygen atoms in total. The van der Waals surface area contributed by atoms with Gasteiger partial charge in [-0.15, -0.1) is 0 Å². The van der Waals surface area contributed by atoms with Gasteiger partial charge in [-0.2, -0.15) is 0 Å². The topological polar surface area (TPSA) is 66.9 Å². The fourth-order valence-electron chi connectivity index (χ4n) is 3.54. The SMILES string of the molecule is CN(C)S(=O)(=O)c1ccc(OCCN2CCC(C(=O)c3cc(F)ccc3F)CC2)cc1. The lowest BCUT2D eigenvalue weighted by molar-refractivity contribution is 0.0823. The Morgan fingerprint density at radius 2 is 1.74 bits per heavy atom. The number of halogens is 2. The van der Waals surface area contributed by atoms with Crippen LogP contribution in [0.25, 0.3) is 0 Å². The smallest absolute Gasteiger partial charge is 0.242 e. The number of carbonyl (C=O) groups is 1. The average Bonchev–Trinajstić information content (AvgIpc) is 2.75. The van der Waals surface area contributed by atoms with E-state index in [1.807, 2.05) is 0 Å². The Bertz CT molecular complexity index is 1020. The fourth-order valence-corrected chi connectivity index (χ4v) is 4.44. The van der Waals surface area contributed by atoms with Crippen molar-refractivity contribution in [2.24, 2.45) is 5.92 Å². The molecule has 0 saturated carbocycles. The summed E-state index contributed by atoms with van der Waals surface area (Å²) in [5, 5.41) is 0. The number of benzene rings is 2. The lowest BCUT2D eigenvalue weighted by Gasteiger charge is -2.31. The van der Waals surface area contributed by atoms with Crippen LogP contribution in [0.2, 0.25) is 0 Å². The monoisotopic (exact) mass is 452 g/mol. The Kier molecular flexibility index (Phi) is 7.40. The number of nitrogens with zero attached hydrogens (tertiary/aromatic N) is 2. The van der Waals surface area contributed by atoms with E-state index in [9.17, 15) is 22.0 Å². The van der Waals surface area contributed by atoms with Gasteiger partial charge < -0.3 is 4.74 Å². The summed E-state index contributed by atoms with van der Waals surface area (Å²) in [6.45, 7) is 2.39. The number of rotatable bonds is 8. The highest BCUT2D eigenvalue weighted by molar-refractivity contribution is 7.89.